The Hall–Kier alpha value is -7.02. The SMILES string of the molecule is CC1(C)c2c(ccc3ccccc23)-c2c1c1ccc(-c3ccc(-c4c5ccccc5c(-c5ccc6ccccc6c5)c5ccccc45)cc3)cc1c1ccccc21. The van der Waals surface area contributed by atoms with E-state index in [1.54, 1.807) is 0 Å². The van der Waals surface area contributed by atoms with E-state index in [0.29, 0.717) is 0 Å². The molecule has 0 heteroatoms. The fourth-order valence-electron chi connectivity index (χ4n) is 10.5. The van der Waals surface area contributed by atoms with Crippen molar-refractivity contribution in [3.8, 4) is 44.5 Å². The predicted octanol–water partition coefficient (Wildman–Crippen LogP) is 15.9. The van der Waals surface area contributed by atoms with E-state index < -0.39 is 0 Å². The molecule has 0 spiro atoms. The maximum Gasteiger partial charge on any atom is 0.0171 e. The summed E-state index contributed by atoms with van der Waals surface area (Å²) < 4.78 is 0. The average Bonchev–Trinajstić information content (AvgIpc) is 3.52. The first-order chi connectivity index (χ1) is 28.0. The topological polar surface area (TPSA) is 0 Å². The summed E-state index contributed by atoms with van der Waals surface area (Å²) in [6.07, 6.45) is 0. The molecule has 1 aliphatic carbocycles. The fourth-order valence-corrected chi connectivity index (χ4v) is 10.5. The lowest BCUT2D eigenvalue weighted by molar-refractivity contribution is 0.672. The molecule has 0 saturated carbocycles. The van der Waals surface area contributed by atoms with Gasteiger partial charge in [-0.15, -0.1) is 0 Å². The zero-order valence-electron chi connectivity index (χ0n) is 32.0. The standard InChI is InChI=1S/C57H38/c1-57(2)55-42-16-6-5-14-37(42)29-32-50(55)54-44-18-8-7-17-43(44)51-34-40(30-31-49(51)56(54)57)36-23-26-38(27-24-36)52-45-19-9-11-21-47(45)53(48-22-12-10-20-46(48)52)41-28-25-35-13-3-4-15-39(35)33-41/h3-34H,1-2H3. The molecule has 0 unspecified atom stereocenters. The molecular weight excluding hydrogens is 685 g/mol. The van der Waals surface area contributed by atoms with Crippen molar-refractivity contribution in [3.63, 3.8) is 0 Å². The van der Waals surface area contributed by atoms with Gasteiger partial charge in [0.05, 0.1) is 0 Å². The number of fused-ring (bicyclic) bond motifs is 13. The maximum absolute atomic E-state index is 2.44. The van der Waals surface area contributed by atoms with Gasteiger partial charge in [-0.2, -0.15) is 0 Å². The van der Waals surface area contributed by atoms with Crippen LogP contribution in [0.3, 0.4) is 0 Å². The summed E-state index contributed by atoms with van der Waals surface area (Å²) in [4.78, 5) is 0. The summed E-state index contributed by atoms with van der Waals surface area (Å²) in [5.74, 6) is 0. The Bertz CT molecular complexity index is 3410. The Kier molecular flexibility index (Phi) is 6.78. The zero-order chi connectivity index (χ0) is 37.8. The van der Waals surface area contributed by atoms with Crippen molar-refractivity contribution in [2.75, 3.05) is 0 Å². The molecule has 0 aromatic heterocycles. The Labute approximate surface area is 332 Å². The van der Waals surface area contributed by atoms with Gasteiger partial charge in [0.2, 0.25) is 0 Å². The van der Waals surface area contributed by atoms with Gasteiger partial charge in [0.15, 0.2) is 0 Å². The molecule has 0 saturated heterocycles. The van der Waals surface area contributed by atoms with Gasteiger partial charge < -0.3 is 0 Å². The van der Waals surface area contributed by atoms with Gasteiger partial charge in [0, 0.05) is 5.41 Å². The van der Waals surface area contributed by atoms with Crippen molar-refractivity contribution < 1.29 is 0 Å². The van der Waals surface area contributed by atoms with Gasteiger partial charge in [-0.3, -0.25) is 0 Å². The normalized spacial score (nSPS) is 13.2. The van der Waals surface area contributed by atoms with Crippen molar-refractivity contribution >= 4 is 64.6 Å². The van der Waals surface area contributed by atoms with Crippen LogP contribution in [0.25, 0.3) is 109 Å². The molecule has 0 amide bonds. The van der Waals surface area contributed by atoms with Crippen LogP contribution in [0.15, 0.2) is 194 Å². The smallest absolute Gasteiger partial charge is 0.0171 e. The Morgan fingerprint density at radius 2 is 0.737 bits per heavy atom. The molecule has 57 heavy (non-hydrogen) atoms. The maximum atomic E-state index is 2.44. The molecule has 0 aliphatic heterocycles. The minimum absolute atomic E-state index is 0.146. The van der Waals surface area contributed by atoms with Crippen molar-refractivity contribution in [3.05, 3.63) is 205 Å². The molecule has 0 nitrogen and oxygen atoms in total. The molecule has 1 aliphatic rings. The predicted molar refractivity (Wildman–Crippen MR) is 245 cm³/mol. The average molecular weight is 723 g/mol. The molecule has 11 aromatic carbocycles. The molecule has 12 rings (SSSR count). The van der Waals surface area contributed by atoms with Gasteiger partial charge in [-0.25, -0.2) is 0 Å². The second-order valence-electron chi connectivity index (χ2n) is 16.4. The van der Waals surface area contributed by atoms with Gasteiger partial charge in [-0.1, -0.05) is 196 Å². The largest absolute Gasteiger partial charge is 0.0616 e. The lowest BCUT2D eigenvalue weighted by Gasteiger charge is -2.25. The van der Waals surface area contributed by atoms with Crippen LogP contribution >= 0.6 is 0 Å². The van der Waals surface area contributed by atoms with Crippen molar-refractivity contribution in [2.24, 2.45) is 0 Å². The van der Waals surface area contributed by atoms with Crippen molar-refractivity contribution in [2.45, 2.75) is 19.3 Å². The molecular formula is C57H38. The minimum atomic E-state index is -0.146. The Morgan fingerprint density at radius 1 is 0.263 bits per heavy atom. The third kappa shape index (κ3) is 4.62. The van der Waals surface area contributed by atoms with E-state index in [9.17, 15) is 0 Å². The summed E-state index contributed by atoms with van der Waals surface area (Å²) in [5.41, 5.74) is 13.0. The van der Waals surface area contributed by atoms with Crippen LogP contribution < -0.4 is 0 Å². The second-order valence-corrected chi connectivity index (χ2v) is 16.4. The van der Waals surface area contributed by atoms with Gasteiger partial charge >= 0.3 is 0 Å². The summed E-state index contributed by atoms with van der Waals surface area (Å²) in [7, 11) is 0. The van der Waals surface area contributed by atoms with Crippen molar-refractivity contribution in [1.82, 2.24) is 0 Å². The van der Waals surface area contributed by atoms with Gasteiger partial charge in [-0.05, 0) is 132 Å². The molecule has 266 valence electrons. The Morgan fingerprint density at radius 3 is 1.40 bits per heavy atom. The van der Waals surface area contributed by atoms with Crippen LogP contribution in [0.2, 0.25) is 0 Å². The van der Waals surface area contributed by atoms with E-state index in [1.165, 1.54) is 120 Å². The van der Waals surface area contributed by atoms with Gasteiger partial charge in [0.25, 0.3) is 0 Å². The molecule has 0 bridgehead atoms. The van der Waals surface area contributed by atoms with Crippen LogP contribution in [-0.4, -0.2) is 0 Å². The van der Waals surface area contributed by atoms with E-state index in [1.807, 2.05) is 0 Å². The highest BCUT2D eigenvalue weighted by Gasteiger charge is 2.39. The lowest BCUT2D eigenvalue weighted by Crippen LogP contribution is -2.16. The summed E-state index contributed by atoms with van der Waals surface area (Å²) in [6, 6.07) is 72.5. The molecule has 11 aromatic rings. The fraction of sp³-hybridized carbons (Fsp3) is 0.0526. The number of hydrogen-bond acceptors (Lipinski definition) is 0. The van der Waals surface area contributed by atoms with Crippen LogP contribution in [0.1, 0.15) is 25.0 Å². The second kappa shape index (κ2) is 12.0. The van der Waals surface area contributed by atoms with E-state index >= 15 is 0 Å². The first kappa shape index (κ1) is 32.2. The van der Waals surface area contributed by atoms with E-state index in [0.717, 1.165) is 0 Å². The third-order valence-corrected chi connectivity index (χ3v) is 13.0. The van der Waals surface area contributed by atoms with Crippen LogP contribution in [0.5, 0.6) is 0 Å². The molecule has 0 fully saturated rings. The lowest BCUT2D eigenvalue weighted by atomic mass is 9.77. The highest BCUT2D eigenvalue weighted by Crippen LogP contribution is 2.56. The van der Waals surface area contributed by atoms with Crippen molar-refractivity contribution in [1.29, 1.82) is 0 Å². The summed E-state index contributed by atoms with van der Waals surface area (Å²) >= 11 is 0. The van der Waals surface area contributed by atoms with Crippen LogP contribution in [-0.2, 0) is 5.41 Å². The third-order valence-electron chi connectivity index (χ3n) is 13.0. The van der Waals surface area contributed by atoms with E-state index in [4.69, 9.17) is 0 Å². The number of rotatable bonds is 3. The first-order valence-corrected chi connectivity index (χ1v) is 20.1. The monoisotopic (exact) mass is 722 g/mol. The van der Waals surface area contributed by atoms with Gasteiger partial charge in [0.1, 0.15) is 0 Å². The Balaban J connectivity index is 1.02. The summed E-state index contributed by atoms with van der Waals surface area (Å²) in [6.45, 7) is 4.85. The molecule has 0 N–H and O–H groups in total. The number of hydrogen-bond donors (Lipinski definition) is 0. The molecule has 0 heterocycles. The number of benzene rings is 11. The highest BCUT2D eigenvalue weighted by molar-refractivity contribution is 6.22. The van der Waals surface area contributed by atoms with E-state index in [-0.39, 0.29) is 5.41 Å². The zero-order valence-corrected chi connectivity index (χ0v) is 32.0. The quantitative estimate of drug-likeness (QED) is 0.126. The molecule has 0 radical (unpaired) electrons. The molecule has 0 atom stereocenters. The van der Waals surface area contributed by atoms with Crippen LogP contribution in [0, 0.1) is 0 Å². The minimum Gasteiger partial charge on any atom is -0.0616 e. The first-order valence-electron chi connectivity index (χ1n) is 20.1. The van der Waals surface area contributed by atoms with E-state index in [2.05, 4.69) is 208 Å². The summed E-state index contributed by atoms with van der Waals surface area (Å²) in [5, 5.41) is 15.6. The van der Waals surface area contributed by atoms with Crippen LogP contribution in [0.4, 0.5) is 0 Å². The highest BCUT2D eigenvalue weighted by atomic mass is 14.4.